The Balaban J connectivity index is 2.95. The van der Waals surface area contributed by atoms with Crippen LogP contribution >= 0.6 is 0 Å². The topological polar surface area (TPSA) is 102 Å². The molecule has 0 aliphatic heterocycles. The predicted molar refractivity (Wildman–Crippen MR) is 50.6 cm³/mol. The third kappa shape index (κ3) is 2.70. The Morgan fingerprint density at radius 1 is 1.50 bits per heavy atom. The van der Waals surface area contributed by atoms with Gasteiger partial charge in [-0.1, -0.05) is 0 Å². The van der Waals surface area contributed by atoms with E-state index in [0.717, 1.165) is 6.26 Å². The second-order valence-electron chi connectivity index (χ2n) is 2.65. The van der Waals surface area contributed by atoms with E-state index in [4.69, 9.17) is 5.73 Å². The zero-order valence-corrected chi connectivity index (χ0v) is 8.21. The van der Waals surface area contributed by atoms with Crippen LogP contribution in [-0.2, 0) is 9.84 Å². The highest BCUT2D eigenvalue weighted by Crippen LogP contribution is 2.09. The van der Waals surface area contributed by atoms with Gasteiger partial charge in [0.15, 0.2) is 14.9 Å². The molecule has 0 radical (unpaired) electrons. The largest absolute Gasteiger partial charge is 0.351 e. The molecular weight excluding hydrogens is 206 g/mol. The summed E-state index contributed by atoms with van der Waals surface area (Å²) in [6, 6.07) is 1.98. The first-order valence-corrected chi connectivity index (χ1v) is 5.51. The number of pyridine rings is 1. The molecule has 0 aliphatic rings. The molecule has 3 N–H and O–H groups in total. The highest BCUT2D eigenvalue weighted by Gasteiger charge is 2.07. The van der Waals surface area contributed by atoms with Crippen molar-refractivity contribution < 1.29 is 13.2 Å². The fourth-order valence-corrected chi connectivity index (χ4v) is 1.38. The number of carbonyl (C=O) groups excluding carboxylic acids is 1. The highest BCUT2D eigenvalue weighted by molar-refractivity contribution is 7.90. The maximum Gasteiger partial charge on any atom is 0.316 e. The molecule has 0 spiro atoms. The van der Waals surface area contributed by atoms with Crippen molar-refractivity contribution in [3.63, 3.8) is 0 Å². The Bertz CT molecular complexity index is 438. The van der Waals surface area contributed by atoms with Crippen LogP contribution in [0.1, 0.15) is 0 Å². The number of nitrogens with one attached hydrogen (secondary N) is 1. The van der Waals surface area contributed by atoms with Crippen LogP contribution < -0.4 is 11.1 Å². The Kier molecular flexibility index (Phi) is 2.70. The van der Waals surface area contributed by atoms with Crippen LogP contribution in [0.25, 0.3) is 0 Å². The van der Waals surface area contributed by atoms with Gasteiger partial charge in [0.2, 0.25) is 0 Å². The average molecular weight is 215 g/mol. The number of hydrogen-bond acceptors (Lipinski definition) is 4. The van der Waals surface area contributed by atoms with Gasteiger partial charge < -0.3 is 11.1 Å². The number of aromatic nitrogens is 1. The predicted octanol–water partition coefficient (Wildman–Crippen LogP) is -0.0243. The molecule has 6 nitrogen and oxygen atoms in total. The molecule has 1 heterocycles. The van der Waals surface area contributed by atoms with Crippen LogP contribution in [0.5, 0.6) is 0 Å². The second-order valence-corrected chi connectivity index (χ2v) is 4.61. The number of anilines is 1. The summed E-state index contributed by atoms with van der Waals surface area (Å²) in [5.41, 5.74) is 5.20. The van der Waals surface area contributed by atoms with Crippen LogP contribution in [0.3, 0.4) is 0 Å². The Morgan fingerprint density at radius 2 is 2.14 bits per heavy atom. The van der Waals surface area contributed by atoms with Gasteiger partial charge in [-0.05, 0) is 12.1 Å². The van der Waals surface area contributed by atoms with E-state index in [9.17, 15) is 13.2 Å². The van der Waals surface area contributed by atoms with Crippen molar-refractivity contribution in [1.82, 2.24) is 4.98 Å². The Morgan fingerprint density at radius 3 is 2.50 bits per heavy atom. The van der Waals surface area contributed by atoms with E-state index in [-0.39, 0.29) is 5.03 Å². The van der Waals surface area contributed by atoms with Crippen LogP contribution in [0, 0.1) is 0 Å². The van der Waals surface area contributed by atoms with Gasteiger partial charge in [0.1, 0.15) is 0 Å². The standard InChI is InChI=1S/C7H9N3O3S/c1-14(12,13)6-3-2-5(4-9-6)10-7(8)11/h2-4H,1H3,(H3,8,10,11). The molecule has 0 saturated carbocycles. The summed E-state index contributed by atoms with van der Waals surface area (Å²) in [4.78, 5) is 14.1. The normalized spacial score (nSPS) is 10.9. The van der Waals surface area contributed by atoms with Crippen molar-refractivity contribution in [2.24, 2.45) is 5.73 Å². The number of urea groups is 1. The van der Waals surface area contributed by atoms with Gasteiger partial charge in [-0.15, -0.1) is 0 Å². The van der Waals surface area contributed by atoms with Crippen molar-refractivity contribution >= 4 is 21.6 Å². The summed E-state index contributed by atoms with van der Waals surface area (Å²) in [6.45, 7) is 0. The molecule has 0 unspecified atom stereocenters. The third-order valence-electron chi connectivity index (χ3n) is 1.38. The SMILES string of the molecule is CS(=O)(=O)c1ccc(NC(N)=O)cn1. The minimum Gasteiger partial charge on any atom is -0.351 e. The summed E-state index contributed by atoms with van der Waals surface area (Å²) in [5.74, 6) is 0. The number of rotatable bonds is 2. The van der Waals surface area contributed by atoms with Gasteiger partial charge in [-0.2, -0.15) is 0 Å². The van der Waals surface area contributed by atoms with E-state index < -0.39 is 15.9 Å². The van der Waals surface area contributed by atoms with Gasteiger partial charge in [-0.3, -0.25) is 0 Å². The minimum absolute atomic E-state index is 0.0486. The lowest BCUT2D eigenvalue weighted by Crippen LogP contribution is -2.19. The Hall–Kier alpha value is -1.63. The van der Waals surface area contributed by atoms with Gasteiger partial charge >= 0.3 is 6.03 Å². The van der Waals surface area contributed by atoms with E-state index in [1.807, 2.05) is 0 Å². The average Bonchev–Trinajstić information content (AvgIpc) is 2.02. The smallest absolute Gasteiger partial charge is 0.316 e. The van der Waals surface area contributed by atoms with Crippen molar-refractivity contribution in [2.45, 2.75) is 5.03 Å². The molecule has 14 heavy (non-hydrogen) atoms. The molecule has 0 aliphatic carbocycles. The molecular formula is C7H9N3O3S. The highest BCUT2D eigenvalue weighted by atomic mass is 32.2. The van der Waals surface area contributed by atoms with Crippen molar-refractivity contribution in [3.8, 4) is 0 Å². The maximum atomic E-state index is 11.0. The molecule has 7 heteroatoms. The van der Waals surface area contributed by atoms with Crippen molar-refractivity contribution in [2.75, 3.05) is 11.6 Å². The van der Waals surface area contributed by atoms with Gasteiger partial charge in [0.25, 0.3) is 0 Å². The molecule has 0 atom stereocenters. The summed E-state index contributed by atoms with van der Waals surface area (Å²) >= 11 is 0. The van der Waals surface area contributed by atoms with Gasteiger partial charge in [0.05, 0.1) is 11.9 Å². The van der Waals surface area contributed by atoms with E-state index in [2.05, 4.69) is 10.3 Å². The van der Waals surface area contributed by atoms with Gasteiger partial charge in [0, 0.05) is 6.26 Å². The Labute approximate surface area is 81.1 Å². The molecule has 0 saturated heterocycles. The lowest BCUT2D eigenvalue weighted by molar-refractivity contribution is 0.259. The van der Waals surface area contributed by atoms with Crippen LogP contribution in [0.2, 0.25) is 0 Å². The lowest BCUT2D eigenvalue weighted by atomic mass is 10.4. The van der Waals surface area contributed by atoms with Crippen molar-refractivity contribution in [3.05, 3.63) is 18.3 Å². The van der Waals surface area contributed by atoms with E-state index in [1.165, 1.54) is 18.3 Å². The maximum absolute atomic E-state index is 11.0. The van der Waals surface area contributed by atoms with Crippen LogP contribution in [0.4, 0.5) is 10.5 Å². The molecule has 0 aromatic carbocycles. The number of sulfone groups is 1. The number of nitrogens with zero attached hydrogens (tertiary/aromatic N) is 1. The zero-order chi connectivity index (χ0) is 10.8. The van der Waals surface area contributed by atoms with Crippen LogP contribution in [0.15, 0.2) is 23.4 Å². The lowest BCUT2D eigenvalue weighted by Gasteiger charge is -2.01. The third-order valence-corrected chi connectivity index (χ3v) is 2.39. The summed E-state index contributed by atoms with van der Waals surface area (Å²) < 4.78 is 22.0. The first-order valence-electron chi connectivity index (χ1n) is 3.62. The first kappa shape index (κ1) is 10.5. The quantitative estimate of drug-likeness (QED) is 0.723. The zero-order valence-electron chi connectivity index (χ0n) is 7.39. The molecule has 0 bridgehead atoms. The molecule has 1 rings (SSSR count). The minimum atomic E-state index is -3.30. The second kappa shape index (κ2) is 3.62. The summed E-state index contributed by atoms with van der Waals surface area (Å²) in [6.07, 6.45) is 2.28. The fourth-order valence-electron chi connectivity index (χ4n) is 0.816. The summed E-state index contributed by atoms with van der Waals surface area (Å²) in [5, 5.41) is 2.22. The molecule has 1 aromatic rings. The first-order chi connectivity index (χ1) is 6.39. The number of hydrogen-bond donors (Lipinski definition) is 2. The van der Waals surface area contributed by atoms with E-state index in [0.29, 0.717) is 5.69 Å². The molecule has 76 valence electrons. The number of carbonyl (C=O) groups is 1. The molecule has 2 amide bonds. The number of nitrogens with two attached hydrogens (primary N) is 1. The number of primary amides is 1. The van der Waals surface area contributed by atoms with E-state index >= 15 is 0 Å². The molecule has 1 aromatic heterocycles. The molecule has 0 fully saturated rings. The number of amides is 2. The van der Waals surface area contributed by atoms with Crippen LogP contribution in [-0.4, -0.2) is 25.7 Å². The fraction of sp³-hybridized carbons (Fsp3) is 0.143. The monoisotopic (exact) mass is 215 g/mol. The van der Waals surface area contributed by atoms with E-state index in [1.54, 1.807) is 0 Å². The summed E-state index contributed by atoms with van der Waals surface area (Å²) in [7, 11) is -3.30. The van der Waals surface area contributed by atoms with Crippen molar-refractivity contribution in [1.29, 1.82) is 0 Å². The van der Waals surface area contributed by atoms with Gasteiger partial charge in [-0.25, -0.2) is 18.2 Å².